The lowest BCUT2D eigenvalue weighted by Crippen LogP contribution is -2.54. The lowest BCUT2D eigenvalue weighted by Gasteiger charge is -2.29. The maximum Gasteiger partial charge on any atom is 0.412 e. The van der Waals surface area contributed by atoms with E-state index in [9.17, 15) is 47.8 Å². The normalized spacial score (nSPS) is 25.6. The molecule has 4 aromatic heterocycles. The van der Waals surface area contributed by atoms with Crippen molar-refractivity contribution in [2.24, 2.45) is 11.7 Å². The smallest absolute Gasteiger partial charge is 0.412 e. The second-order valence-corrected chi connectivity index (χ2v) is 26.6. The fourth-order valence-corrected chi connectivity index (χ4v) is 12.5. The number of likely N-dealkylation sites (N-methyl/N-ethyl adjacent to an activating group) is 1. The van der Waals surface area contributed by atoms with Gasteiger partial charge in [0, 0.05) is 44.4 Å². The van der Waals surface area contributed by atoms with Gasteiger partial charge in [-0.05, 0) is 48.3 Å². The van der Waals surface area contributed by atoms with Crippen LogP contribution in [0.4, 0.5) is 40.5 Å². The number of imide groups is 1. The van der Waals surface area contributed by atoms with Gasteiger partial charge in [-0.1, -0.05) is 38.2 Å². The average molecular weight is 1350 g/mol. The summed E-state index contributed by atoms with van der Waals surface area (Å²) in [6.45, 7) is -7.99. The molecular weight excluding hydrogens is 1290 g/mol. The van der Waals surface area contributed by atoms with Crippen LogP contribution in [0.2, 0.25) is 0 Å². The van der Waals surface area contributed by atoms with E-state index in [-0.39, 0.29) is 86.1 Å². The molecule has 4 aliphatic rings. The molecule has 9 amide bonds. The Morgan fingerprint density at radius 1 is 0.846 bits per heavy atom. The van der Waals surface area contributed by atoms with E-state index >= 15 is 8.78 Å². The summed E-state index contributed by atoms with van der Waals surface area (Å²) in [4.78, 5) is 139. The summed E-state index contributed by atoms with van der Waals surface area (Å²) in [7, 11) is 1.38. The highest BCUT2D eigenvalue weighted by Crippen LogP contribution is 2.59. The lowest BCUT2D eigenvalue weighted by atomic mass is 10.0. The third-order valence-electron chi connectivity index (χ3n) is 14.2. The standard InChI is InChI=1S/C50H61F2N17O18P2S2/c1-24(2)35(64-30(70)12-14-67-31(71)10-11-32(67)72)45(74)63-27(5-4-13-55-48(54)75)44(73)62-26-8-6-25(7-9-26)17-81-50(77)66(3)15-16-80-49(76)65-41-37-43(59-21-57-41)69(23-61-37)47-34(52)39-29(85-47)19-83-88(78,90)86-38-28(18-82-89(79,91)87-39)84-46(33(38)51)68-22-60-36-40(53)56-20-58-42(36)68/h6-11,20-24,27-29,33-35,38-39,46-47H,4-5,12-19H2,1-3H3,(H,62,73)(H,63,74)(H,64,70)(H,78,90)(H,79,91)(H2,53,56,58)(H3,54,55,75)(H,57,59,65,76)/t27-,28?,29+,33+,34+,35-,38+,39+,46+,47+,88?,89?/m0/s1. The molecular formula is C50H61F2N17O18P2S2. The average Bonchev–Trinajstić information content (AvgIpc) is 1.63. The van der Waals surface area contributed by atoms with Crippen LogP contribution in [-0.2, 0) is 84.0 Å². The number of nitrogens with zero attached hydrogens (tertiary/aromatic N) is 10. The summed E-state index contributed by atoms with van der Waals surface area (Å²) in [5.41, 5.74) is 11.9. The van der Waals surface area contributed by atoms with Crippen molar-refractivity contribution in [1.29, 1.82) is 0 Å². The Morgan fingerprint density at radius 3 is 2.11 bits per heavy atom. The molecule has 0 radical (unpaired) electrons. The Kier molecular flexibility index (Phi) is 21.6. The third kappa shape index (κ3) is 16.6. The van der Waals surface area contributed by atoms with Crippen LogP contribution in [0.3, 0.4) is 0 Å². The van der Waals surface area contributed by atoms with Gasteiger partial charge >= 0.3 is 31.7 Å². The number of ether oxygens (including phenoxy) is 4. The number of primary amides is 1. The number of aromatic nitrogens is 8. The van der Waals surface area contributed by atoms with E-state index in [1.807, 2.05) is 0 Å². The number of anilines is 3. The highest BCUT2D eigenvalue weighted by Gasteiger charge is 2.54. The van der Waals surface area contributed by atoms with Gasteiger partial charge in [0.2, 0.25) is 17.7 Å². The first-order valence-electron chi connectivity index (χ1n) is 27.7. The maximum atomic E-state index is 16.7. The van der Waals surface area contributed by atoms with Gasteiger partial charge in [-0.3, -0.25) is 56.9 Å². The number of halogens is 2. The molecule has 35 nitrogen and oxygen atoms in total. The monoisotopic (exact) mass is 1350 g/mol. The summed E-state index contributed by atoms with van der Waals surface area (Å²) >= 11 is 9.29. The minimum Gasteiger partial charge on any atom is -0.447 e. The predicted octanol–water partition coefficient (Wildman–Crippen LogP) is 1.94. The van der Waals surface area contributed by atoms with Crippen LogP contribution in [0.1, 0.15) is 51.1 Å². The SMILES string of the molecule is CC(C)[C@H](NC(=O)CCN1C(=O)C=CC1=O)C(=O)N[C@@H](CCCNC(N)=O)C(=O)Nc1ccc(COC(=O)N(C)CCOC(=O)Nc2ncnc3c2ncn3[C@@H]2O[C@@H]3COP(O)(=S)O[C@@H]4C(COP(=O)(S)O[C@H]3[C@H]2F)O[C@@H](n2cnc3c(N)ncnc32)[C@@H]4F)cc1. The molecule has 1 aromatic carbocycles. The van der Waals surface area contributed by atoms with E-state index in [0.29, 0.717) is 11.3 Å². The highest BCUT2D eigenvalue weighted by atomic mass is 32.7. The zero-order valence-corrected chi connectivity index (χ0v) is 51.7. The first-order valence-corrected chi connectivity index (χ1v) is 32.9. The van der Waals surface area contributed by atoms with Crippen molar-refractivity contribution < 1.29 is 93.6 Å². The summed E-state index contributed by atoms with van der Waals surface area (Å²) in [6, 6.07) is 3.10. The number of carbonyl (C=O) groups is 8. The minimum atomic E-state index is -4.57. The van der Waals surface area contributed by atoms with Crippen LogP contribution in [-0.4, -0.2) is 197 Å². The van der Waals surface area contributed by atoms with Crippen molar-refractivity contribution in [2.75, 3.05) is 62.9 Å². The number of alkyl halides is 2. The summed E-state index contributed by atoms with van der Waals surface area (Å²) in [5.74, 6) is -3.72. The topological polar surface area (TPSA) is 454 Å². The molecule has 3 unspecified atom stereocenters. The summed E-state index contributed by atoms with van der Waals surface area (Å²) in [6.07, 6.45) is -9.16. The van der Waals surface area contributed by atoms with Gasteiger partial charge < -0.3 is 66.0 Å². The summed E-state index contributed by atoms with van der Waals surface area (Å²) < 4.78 is 93.9. The molecule has 0 spiro atoms. The Labute approximate surface area is 524 Å². The van der Waals surface area contributed by atoms with Crippen molar-refractivity contribution in [3.8, 4) is 0 Å². The molecule has 3 saturated heterocycles. The van der Waals surface area contributed by atoms with E-state index in [0.717, 1.165) is 45.5 Å². The highest BCUT2D eigenvalue weighted by molar-refractivity contribution is 8.44. The van der Waals surface area contributed by atoms with Crippen molar-refractivity contribution in [2.45, 2.75) is 101 Å². The van der Waals surface area contributed by atoms with Gasteiger partial charge in [0.25, 0.3) is 11.8 Å². The molecule has 41 heteroatoms. The van der Waals surface area contributed by atoms with Crippen LogP contribution in [0.5, 0.6) is 0 Å². The number of nitrogens with two attached hydrogens (primary N) is 2. The molecule has 9 rings (SSSR count). The van der Waals surface area contributed by atoms with Crippen molar-refractivity contribution in [3.63, 3.8) is 0 Å². The van der Waals surface area contributed by atoms with Crippen LogP contribution >= 0.6 is 25.8 Å². The quantitative estimate of drug-likeness (QED) is 0.0219. The molecule has 3 fully saturated rings. The van der Waals surface area contributed by atoms with Crippen LogP contribution in [0, 0.1) is 5.92 Å². The van der Waals surface area contributed by atoms with E-state index in [1.54, 1.807) is 26.0 Å². The summed E-state index contributed by atoms with van der Waals surface area (Å²) in [5, 5.41) is 12.8. The van der Waals surface area contributed by atoms with Crippen LogP contribution < -0.4 is 38.1 Å². The van der Waals surface area contributed by atoms with Gasteiger partial charge in [-0.2, -0.15) is 0 Å². The fraction of sp³-hybridized carbons (Fsp3) is 0.480. The predicted molar refractivity (Wildman–Crippen MR) is 316 cm³/mol. The number of thiol groups is 1. The number of fused-ring (bicyclic) bond motifs is 4. The number of amides is 9. The molecule has 8 heterocycles. The van der Waals surface area contributed by atoms with Crippen molar-refractivity contribution >= 4 is 125 Å². The second kappa shape index (κ2) is 29.1. The number of nitrogens with one attached hydrogen (secondary N) is 5. The number of urea groups is 1. The molecule has 10 N–H and O–H groups in total. The van der Waals surface area contributed by atoms with Gasteiger partial charge in [0.15, 0.2) is 53.2 Å². The number of benzene rings is 1. The Balaban J connectivity index is 0.738. The first kappa shape index (κ1) is 67.4. The van der Waals surface area contributed by atoms with Gasteiger partial charge in [-0.25, -0.2) is 57.6 Å². The van der Waals surface area contributed by atoms with Crippen LogP contribution in [0.15, 0.2) is 61.7 Å². The first-order chi connectivity index (χ1) is 43.3. The molecule has 4 aliphatic heterocycles. The zero-order valence-electron chi connectivity index (χ0n) is 48.2. The number of hydrogen-bond acceptors (Lipinski definition) is 25. The molecule has 0 saturated carbocycles. The molecule has 0 bridgehead atoms. The number of carbonyl (C=O) groups excluding carboxylic acids is 8. The van der Waals surface area contributed by atoms with Gasteiger partial charge in [-0.15, -0.1) is 0 Å². The number of nitrogen functional groups attached to an aromatic ring is 1. The fourth-order valence-electron chi connectivity index (χ4n) is 9.61. The number of rotatable bonds is 21. The van der Waals surface area contributed by atoms with E-state index in [1.165, 1.54) is 30.1 Å². The third-order valence-corrected chi connectivity index (χ3v) is 17.4. The van der Waals surface area contributed by atoms with Gasteiger partial charge in [0.1, 0.15) is 67.9 Å². The number of hydrogen-bond donors (Lipinski definition) is 9. The molecule has 5 aromatic rings. The van der Waals surface area contributed by atoms with E-state index < -0.39 is 142 Å². The molecule has 490 valence electrons. The largest absolute Gasteiger partial charge is 0.447 e. The van der Waals surface area contributed by atoms with E-state index in [2.05, 4.69) is 68.7 Å². The van der Waals surface area contributed by atoms with Crippen molar-refractivity contribution in [3.05, 3.63) is 67.3 Å². The van der Waals surface area contributed by atoms with Crippen LogP contribution in [0.25, 0.3) is 22.3 Å². The maximum absolute atomic E-state index is 16.7. The molecule has 91 heavy (non-hydrogen) atoms. The molecule has 12 atom stereocenters. The molecule has 0 aliphatic carbocycles. The number of imidazole rings is 2. The Morgan fingerprint density at radius 2 is 1.46 bits per heavy atom. The van der Waals surface area contributed by atoms with E-state index in [4.69, 9.17) is 60.3 Å². The Bertz CT molecular complexity index is 3690. The zero-order chi connectivity index (χ0) is 65.5. The second-order valence-electron chi connectivity index (χ2n) is 20.9. The lowest BCUT2D eigenvalue weighted by molar-refractivity contribution is -0.137. The van der Waals surface area contributed by atoms with Gasteiger partial charge in [0.05, 0.1) is 32.4 Å². The Hall–Kier alpha value is -7.97. The minimum absolute atomic E-state index is 0.00711. The van der Waals surface area contributed by atoms with Crippen molar-refractivity contribution in [1.82, 2.24) is 64.8 Å².